The Hall–Kier alpha value is -3.11. The predicted molar refractivity (Wildman–Crippen MR) is 119 cm³/mol. The summed E-state index contributed by atoms with van der Waals surface area (Å²) in [7, 11) is 0. The molecular formula is C26H26N2O2. The van der Waals surface area contributed by atoms with Gasteiger partial charge >= 0.3 is 6.03 Å². The number of anilines is 1. The fourth-order valence-corrected chi connectivity index (χ4v) is 5.18. The summed E-state index contributed by atoms with van der Waals surface area (Å²) in [6, 6.07) is 27.9. The lowest BCUT2D eigenvalue weighted by atomic mass is 9.80. The van der Waals surface area contributed by atoms with E-state index in [0.717, 1.165) is 35.2 Å². The number of benzene rings is 3. The van der Waals surface area contributed by atoms with Crippen LogP contribution in [0.1, 0.15) is 31.2 Å². The number of aliphatic hydroxyl groups is 1. The molecule has 2 N–H and O–H groups in total. The number of hydrogen-bond acceptors (Lipinski definition) is 2. The zero-order valence-electron chi connectivity index (χ0n) is 16.9. The molecule has 2 aliphatic rings. The Morgan fingerprint density at radius 3 is 2.07 bits per heavy atom. The number of carbonyl (C=O) groups is 1. The summed E-state index contributed by atoms with van der Waals surface area (Å²) >= 11 is 0. The van der Waals surface area contributed by atoms with Gasteiger partial charge < -0.3 is 15.3 Å². The lowest BCUT2D eigenvalue weighted by Crippen LogP contribution is -2.53. The summed E-state index contributed by atoms with van der Waals surface area (Å²) in [4.78, 5) is 15.3. The molecule has 0 saturated carbocycles. The van der Waals surface area contributed by atoms with Gasteiger partial charge in [0.1, 0.15) is 0 Å². The number of rotatable bonds is 3. The minimum atomic E-state index is -0.855. The summed E-state index contributed by atoms with van der Waals surface area (Å²) in [5, 5.41) is 14.5. The fourth-order valence-electron chi connectivity index (χ4n) is 5.18. The molecule has 2 amide bonds. The van der Waals surface area contributed by atoms with Crippen LogP contribution in [0.3, 0.4) is 0 Å². The largest absolute Gasteiger partial charge is 0.385 e. The molecule has 2 atom stereocenters. The number of nitrogens with one attached hydrogen (secondary N) is 1. The molecule has 3 aromatic carbocycles. The third-order valence-electron chi connectivity index (χ3n) is 6.57. The number of piperidine rings is 1. The van der Waals surface area contributed by atoms with Gasteiger partial charge in [0.25, 0.3) is 0 Å². The molecule has 3 aromatic rings. The second kappa shape index (κ2) is 7.62. The van der Waals surface area contributed by atoms with Crippen LogP contribution in [0.15, 0.2) is 84.9 Å². The first-order chi connectivity index (χ1) is 14.6. The third-order valence-corrected chi connectivity index (χ3v) is 6.57. The van der Waals surface area contributed by atoms with Gasteiger partial charge in [0.2, 0.25) is 0 Å². The Morgan fingerprint density at radius 1 is 0.833 bits per heavy atom. The van der Waals surface area contributed by atoms with Crippen molar-refractivity contribution in [3.63, 3.8) is 0 Å². The quantitative estimate of drug-likeness (QED) is 0.621. The molecule has 0 unspecified atom stereocenters. The summed E-state index contributed by atoms with van der Waals surface area (Å²) in [6.07, 6.45) is 3.05. The Balaban J connectivity index is 1.37. The zero-order valence-corrected chi connectivity index (χ0v) is 16.9. The average molecular weight is 399 g/mol. The SMILES string of the molecule is O=C(Nc1ccccc1-c1ccccc1)N1[C@@H]2CC[C@@H]1CC(O)(c1ccccc1)C2. The van der Waals surface area contributed by atoms with E-state index >= 15 is 0 Å². The smallest absolute Gasteiger partial charge is 0.322 e. The number of hydrogen-bond donors (Lipinski definition) is 2. The van der Waals surface area contributed by atoms with Gasteiger partial charge in [0.05, 0.1) is 11.3 Å². The maximum atomic E-state index is 13.3. The maximum absolute atomic E-state index is 13.3. The number of amides is 2. The van der Waals surface area contributed by atoms with Gasteiger partial charge in [0.15, 0.2) is 0 Å². The molecule has 2 fully saturated rings. The Kier molecular flexibility index (Phi) is 4.80. The minimum absolute atomic E-state index is 0.0536. The normalized spacial score (nSPS) is 25.2. The Morgan fingerprint density at radius 2 is 1.40 bits per heavy atom. The van der Waals surface area contributed by atoms with Crippen LogP contribution in [0.4, 0.5) is 10.5 Å². The van der Waals surface area contributed by atoms with E-state index in [-0.39, 0.29) is 18.1 Å². The van der Waals surface area contributed by atoms with Crippen LogP contribution in [0.2, 0.25) is 0 Å². The first kappa shape index (κ1) is 18.9. The van der Waals surface area contributed by atoms with Crippen molar-refractivity contribution in [3.8, 4) is 11.1 Å². The number of fused-ring (bicyclic) bond motifs is 2. The van der Waals surface area contributed by atoms with Crippen molar-refractivity contribution in [3.05, 3.63) is 90.5 Å². The van der Waals surface area contributed by atoms with Crippen LogP contribution >= 0.6 is 0 Å². The highest BCUT2D eigenvalue weighted by molar-refractivity contribution is 5.95. The topological polar surface area (TPSA) is 52.6 Å². The second-order valence-electron chi connectivity index (χ2n) is 8.44. The molecule has 0 radical (unpaired) electrons. The van der Waals surface area contributed by atoms with E-state index in [9.17, 15) is 9.90 Å². The number of carbonyl (C=O) groups excluding carboxylic acids is 1. The van der Waals surface area contributed by atoms with Crippen molar-refractivity contribution in [1.29, 1.82) is 0 Å². The van der Waals surface area contributed by atoms with Crippen LogP contribution < -0.4 is 5.32 Å². The third kappa shape index (κ3) is 3.37. The van der Waals surface area contributed by atoms with Crippen molar-refractivity contribution in [1.82, 2.24) is 4.90 Å². The molecule has 0 aliphatic carbocycles. The molecular weight excluding hydrogens is 372 g/mol. The van der Waals surface area contributed by atoms with Crippen LogP contribution in [-0.2, 0) is 5.60 Å². The molecule has 30 heavy (non-hydrogen) atoms. The zero-order chi connectivity index (χ0) is 20.6. The van der Waals surface area contributed by atoms with Crippen LogP contribution in [0.5, 0.6) is 0 Å². The molecule has 4 nitrogen and oxygen atoms in total. The predicted octanol–water partition coefficient (Wildman–Crippen LogP) is 5.40. The van der Waals surface area contributed by atoms with E-state index in [1.54, 1.807) is 0 Å². The Labute approximate surface area is 177 Å². The fraction of sp³-hybridized carbons (Fsp3) is 0.269. The van der Waals surface area contributed by atoms with Crippen molar-refractivity contribution in [2.75, 3.05) is 5.32 Å². The molecule has 0 aromatic heterocycles. The summed E-state index contributed by atoms with van der Waals surface area (Å²) in [6.45, 7) is 0. The van der Waals surface area contributed by atoms with Gasteiger partial charge in [-0.1, -0.05) is 78.9 Å². The van der Waals surface area contributed by atoms with Gasteiger partial charge in [-0.3, -0.25) is 0 Å². The van der Waals surface area contributed by atoms with Gasteiger partial charge in [-0.05, 0) is 30.0 Å². The maximum Gasteiger partial charge on any atom is 0.322 e. The molecule has 2 aliphatic heterocycles. The van der Waals surface area contributed by atoms with Crippen molar-refractivity contribution >= 4 is 11.7 Å². The van der Waals surface area contributed by atoms with Gasteiger partial charge in [-0.2, -0.15) is 0 Å². The van der Waals surface area contributed by atoms with Crippen LogP contribution in [-0.4, -0.2) is 28.1 Å². The van der Waals surface area contributed by atoms with Crippen molar-refractivity contribution in [2.45, 2.75) is 43.4 Å². The van der Waals surface area contributed by atoms with Gasteiger partial charge in [0, 0.05) is 30.5 Å². The van der Waals surface area contributed by atoms with Crippen LogP contribution in [0, 0.1) is 0 Å². The molecule has 2 bridgehead atoms. The lowest BCUT2D eigenvalue weighted by molar-refractivity contribution is -0.0422. The highest BCUT2D eigenvalue weighted by atomic mass is 16.3. The Bertz CT molecular complexity index is 1020. The molecule has 4 heteroatoms. The van der Waals surface area contributed by atoms with Crippen molar-refractivity contribution < 1.29 is 9.90 Å². The summed E-state index contributed by atoms with van der Waals surface area (Å²) < 4.78 is 0. The number of urea groups is 1. The molecule has 0 spiro atoms. The van der Waals surface area contributed by atoms with E-state index in [0.29, 0.717) is 12.8 Å². The van der Waals surface area contributed by atoms with E-state index in [1.165, 1.54) is 0 Å². The standard InChI is InChI=1S/C26H26N2O2/c29-25(27-24-14-8-7-13-23(24)19-9-3-1-4-10-19)28-21-15-16-22(28)18-26(30,17-21)20-11-5-2-6-12-20/h1-14,21-22,30H,15-18H2,(H,27,29)/t21-,22-/m1/s1. The highest BCUT2D eigenvalue weighted by Crippen LogP contribution is 2.46. The van der Waals surface area contributed by atoms with Crippen LogP contribution in [0.25, 0.3) is 11.1 Å². The summed E-state index contributed by atoms with van der Waals surface area (Å²) in [5.41, 5.74) is 3.00. The van der Waals surface area contributed by atoms with E-state index in [4.69, 9.17) is 0 Å². The number of para-hydroxylation sites is 1. The second-order valence-corrected chi connectivity index (χ2v) is 8.44. The lowest BCUT2D eigenvalue weighted by Gasteiger charge is -2.44. The average Bonchev–Trinajstić information content (AvgIpc) is 3.07. The number of nitrogens with zero attached hydrogens (tertiary/aromatic N) is 1. The van der Waals surface area contributed by atoms with E-state index in [1.807, 2.05) is 77.7 Å². The highest BCUT2D eigenvalue weighted by Gasteiger charge is 2.50. The molecule has 152 valence electrons. The minimum Gasteiger partial charge on any atom is -0.385 e. The molecule has 2 saturated heterocycles. The van der Waals surface area contributed by atoms with E-state index in [2.05, 4.69) is 17.4 Å². The van der Waals surface area contributed by atoms with Gasteiger partial charge in [-0.15, -0.1) is 0 Å². The summed E-state index contributed by atoms with van der Waals surface area (Å²) in [5.74, 6) is 0. The first-order valence-electron chi connectivity index (χ1n) is 10.7. The monoisotopic (exact) mass is 398 g/mol. The van der Waals surface area contributed by atoms with Crippen molar-refractivity contribution in [2.24, 2.45) is 0 Å². The van der Waals surface area contributed by atoms with Gasteiger partial charge in [-0.25, -0.2) is 4.79 Å². The first-order valence-corrected chi connectivity index (χ1v) is 10.7. The van der Waals surface area contributed by atoms with E-state index < -0.39 is 5.60 Å². The molecule has 5 rings (SSSR count). The molecule has 2 heterocycles.